The van der Waals surface area contributed by atoms with Gasteiger partial charge in [-0.15, -0.1) is 10.2 Å². The number of nitriles is 1. The predicted octanol–water partition coefficient (Wildman–Crippen LogP) is 2.48. The van der Waals surface area contributed by atoms with Crippen molar-refractivity contribution in [2.75, 3.05) is 18.1 Å². The van der Waals surface area contributed by atoms with Crippen LogP contribution in [0.1, 0.15) is 25.5 Å². The fourth-order valence-corrected chi connectivity index (χ4v) is 2.68. The van der Waals surface area contributed by atoms with Crippen molar-refractivity contribution in [3.8, 4) is 11.8 Å². The van der Waals surface area contributed by atoms with E-state index >= 15 is 0 Å². The van der Waals surface area contributed by atoms with Crippen molar-refractivity contribution in [1.29, 1.82) is 5.26 Å². The summed E-state index contributed by atoms with van der Waals surface area (Å²) < 4.78 is 7.51. The Morgan fingerprint density at radius 1 is 1.33 bits per heavy atom. The standard InChI is InChI=1S/C14H17N5OS/c1-10(2)19-13(16)17-18-14(19)21-8-7-20-12-5-3-11(9-15)4-6-12/h3-6,10H,7-8H2,1-2H3,(H2,16,17). The fourth-order valence-electron chi connectivity index (χ4n) is 1.79. The number of anilines is 1. The molecular weight excluding hydrogens is 286 g/mol. The second kappa shape index (κ2) is 6.99. The van der Waals surface area contributed by atoms with Gasteiger partial charge in [-0.1, -0.05) is 11.8 Å². The average molecular weight is 303 g/mol. The zero-order valence-electron chi connectivity index (χ0n) is 12.0. The Morgan fingerprint density at radius 3 is 2.67 bits per heavy atom. The number of rotatable bonds is 6. The van der Waals surface area contributed by atoms with E-state index in [1.807, 2.05) is 18.4 Å². The van der Waals surface area contributed by atoms with E-state index < -0.39 is 0 Å². The van der Waals surface area contributed by atoms with Crippen LogP contribution in [0.25, 0.3) is 0 Å². The lowest BCUT2D eigenvalue weighted by atomic mass is 10.2. The van der Waals surface area contributed by atoms with Crippen LogP contribution in [0.2, 0.25) is 0 Å². The number of benzene rings is 1. The molecule has 0 radical (unpaired) electrons. The van der Waals surface area contributed by atoms with E-state index in [1.54, 1.807) is 36.0 Å². The first kappa shape index (κ1) is 15.2. The molecule has 2 N–H and O–H groups in total. The van der Waals surface area contributed by atoms with E-state index in [4.69, 9.17) is 15.7 Å². The smallest absolute Gasteiger partial charge is 0.222 e. The molecule has 0 unspecified atom stereocenters. The molecule has 6 nitrogen and oxygen atoms in total. The van der Waals surface area contributed by atoms with Gasteiger partial charge >= 0.3 is 0 Å². The fraction of sp³-hybridized carbons (Fsp3) is 0.357. The summed E-state index contributed by atoms with van der Waals surface area (Å²) in [4.78, 5) is 0. The van der Waals surface area contributed by atoms with E-state index in [-0.39, 0.29) is 6.04 Å². The van der Waals surface area contributed by atoms with Crippen LogP contribution in [0, 0.1) is 11.3 Å². The summed E-state index contributed by atoms with van der Waals surface area (Å²) in [7, 11) is 0. The van der Waals surface area contributed by atoms with Crippen LogP contribution in [0.3, 0.4) is 0 Å². The van der Waals surface area contributed by atoms with Crippen LogP contribution in [-0.2, 0) is 0 Å². The molecule has 0 aliphatic heterocycles. The van der Waals surface area contributed by atoms with Crippen molar-refractivity contribution in [2.45, 2.75) is 25.0 Å². The monoisotopic (exact) mass is 303 g/mol. The maximum atomic E-state index is 8.72. The number of hydrogen-bond donors (Lipinski definition) is 1. The Kier molecular flexibility index (Phi) is 5.06. The summed E-state index contributed by atoms with van der Waals surface area (Å²) in [6.07, 6.45) is 0. The van der Waals surface area contributed by atoms with Crippen LogP contribution in [0.4, 0.5) is 5.95 Å². The van der Waals surface area contributed by atoms with Crippen molar-refractivity contribution in [2.24, 2.45) is 0 Å². The van der Waals surface area contributed by atoms with Gasteiger partial charge in [0.25, 0.3) is 0 Å². The minimum Gasteiger partial charge on any atom is -0.493 e. The first-order valence-electron chi connectivity index (χ1n) is 6.58. The van der Waals surface area contributed by atoms with Gasteiger partial charge in [-0.2, -0.15) is 5.26 Å². The summed E-state index contributed by atoms with van der Waals surface area (Å²) in [5, 5.41) is 17.5. The number of hydrogen-bond acceptors (Lipinski definition) is 6. The molecular formula is C14H17N5OS. The lowest BCUT2D eigenvalue weighted by Crippen LogP contribution is -2.08. The molecule has 1 aromatic heterocycles. The van der Waals surface area contributed by atoms with Gasteiger partial charge in [-0.05, 0) is 38.1 Å². The molecule has 0 spiro atoms. The van der Waals surface area contributed by atoms with E-state index in [9.17, 15) is 0 Å². The minimum atomic E-state index is 0.224. The molecule has 110 valence electrons. The third-order valence-corrected chi connectivity index (χ3v) is 3.68. The van der Waals surface area contributed by atoms with Gasteiger partial charge in [0.1, 0.15) is 5.75 Å². The van der Waals surface area contributed by atoms with E-state index in [2.05, 4.69) is 16.3 Å². The Bertz CT molecular complexity index is 630. The largest absolute Gasteiger partial charge is 0.493 e. The summed E-state index contributed by atoms with van der Waals surface area (Å²) >= 11 is 1.56. The highest BCUT2D eigenvalue weighted by atomic mass is 32.2. The lowest BCUT2D eigenvalue weighted by Gasteiger charge is -2.11. The predicted molar refractivity (Wildman–Crippen MR) is 82.2 cm³/mol. The molecule has 0 saturated heterocycles. The molecule has 0 fully saturated rings. The molecule has 0 saturated carbocycles. The summed E-state index contributed by atoms with van der Waals surface area (Å²) in [5.74, 6) is 1.92. The molecule has 21 heavy (non-hydrogen) atoms. The van der Waals surface area contributed by atoms with Gasteiger partial charge in [0, 0.05) is 11.8 Å². The number of nitrogens with zero attached hydrogens (tertiary/aromatic N) is 4. The van der Waals surface area contributed by atoms with Crippen molar-refractivity contribution < 1.29 is 4.74 Å². The Morgan fingerprint density at radius 2 is 2.05 bits per heavy atom. The number of thioether (sulfide) groups is 1. The zero-order valence-corrected chi connectivity index (χ0v) is 12.8. The quantitative estimate of drug-likeness (QED) is 0.651. The highest BCUT2D eigenvalue weighted by Crippen LogP contribution is 2.22. The van der Waals surface area contributed by atoms with Crippen LogP contribution >= 0.6 is 11.8 Å². The lowest BCUT2D eigenvalue weighted by molar-refractivity contribution is 0.343. The Hall–Kier alpha value is -2.20. The zero-order chi connectivity index (χ0) is 15.2. The first-order valence-corrected chi connectivity index (χ1v) is 7.56. The summed E-state index contributed by atoms with van der Waals surface area (Å²) in [6.45, 7) is 4.62. The molecule has 2 rings (SSSR count). The summed E-state index contributed by atoms with van der Waals surface area (Å²) in [5.41, 5.74) is 6.41. The second-order valence-electron chi connectivity index (χ2n) is 4.64. The van der Waals surface area contributed by atoms with Crippen molar-refractivity contribution >= 4 is 17.7 Å². The molecule has 0 amide bonds. The first-order chi connectivity index (χ1) is 10.1. The molecule has 1 heterocycles. The summed E-state index contributed by atoms with van der Waals surface area (Å²) in [6, 6.07) is 9.34. The molecule has 0 aliphatic rings. The molecule has 7 heteroatoms. The SMILES string of the molecule is CC(C)n1c(N)nnc1SCCOc1ccc(C#N)cc1. The van der Waals surface area contributed by atoms with Crippen LogP contribution in [-0.4, -0.2) is 27.1 Å². The van der Waals surface area contributed by atoms with Gasteiger partial charge in [0.2, 0.25) is 5.95 Å². The Labute approximate surface area is 127 Å². The maximum Gasteiger partial charge on any atom is 0.222 e. The van der Waals surface area contributed by atoms with Crippen LogP contribution in [0.5, 0.6) is 5.75 Å². The van der Waals surface area contributed by atoms with E-state index in [0.717, 1.165) is 16.7 Å². The van der Waals surface area contributed by atoms with Crippen LogP contribution in [0.15, 0.2) is 29.4 Å². The average Bonchev–Trinajstić information content (AvgIpc) is 2.85. The van der Waals surface area contributed by atoms with Crippen molar-refractivity contribution in [3.05, 3.63) is 29.8 Å². The number of ether oxygens (including phenoxy) is 1. The van der Waals surface area contributed by atoms with E-state index in [1.165, 1.54) is 0 Å². The number of aromatic nitrogens is 3. The molecule has 0 atom stereocenters. The van der Waals surface area contributed by atoms with Gasteiger partial charge in [0.05, 0.1) is 18.2 Å². The highest BCUT2D eigenvalue weighted by molar-refractivity contribution is 7.99. The topological polar surface area (TPSA) is 89.8 Å². The van der Waals surface area contributed by atoms with Gasteiger partial charge in [-0.3, -0.25) is 4.57 Å². The Balaban J connectivity index is 1.83. The van der Waals surface area contributed by atoms with Gasteiger partial charge in [0.15, 0.2) is 5.16 Å². The number of nitrogen functional groups attached to an aromatic ring is 1. The maximum absolute atomic E-state index is 8.72. The molecule has 1 aromatic carbocycles. The normalized spacial score (nSPS) is 10.6. The van der Waals surface area contributed by atoms with Crippen molar-refractivity contribution in [3.63, 3.8) is 0 Å². The third kappa shape index (κ3) is 3.89. The molecule has 0 bridgehead atoms. The minimum absolute atomic E-state index is 0.224. The second-order valence-corrected chi connectivity index (χ2v) is 5.70. The van der Waals surface area contributed by atoms with E-state index in [0.29, 0.717) is 18.1 Å². The third-order valence-electron chi connectivity index (χ3n) is 2.77. The highest BCUT2D eigenvalue weighted by Gasteiger charge is 2.12. The van der Waals surface area contributed by atoms with Crippen molar-refractivity contribution in [1.82, 2.24) is 14.8 Å². The van der Waals surface area contributed by atoms with Gasteiger partial charge < -0.3 is 10.5 Å². The van der Waals surface area contributed by atoms with Gasteiger partial charge in [-0.25, -0.2) is 0 Å². The number of nitrogens with two attached hydrogens (primary N) is 1. The molecule has 2 aromatic rings. The van der Waals surface area contributed by atoms with Crippen LogP contribution < -0.4 is 10.5 Å². The molecule has 0 aliphatic carbocycles.